The van der Waals surface area contributed by atoms with E-state index in [1.165, 1.54) is 28.8 Å². The number of nitrogens with zero attached hydrogens (tertiary/aromatic N) is 3. The number of aromatic nitrogens is 2. The van der Waals surface area contributed by atoms with Crippen LogP contribution in [-0.4, -0.2) is 46.3 Å². The van der Waals surface area contributed by atoms with Crippen molar-refractivity contribution in [2.75, 3.05) is 24.7 Å². The van der Waals surface area contributed by atoms with Gasteiger partial charge in [-0.25, -0.2) is 4.39 Å². The van der Waals surface area contributed by atoms with Crippen molar-refractivity contribution in [1.29, 1.82) is 0 Å². The van der Waals surface area contributed by atoms with E-state index in [2.05, 4.69) is 15.5 Å². The van der Waals surface area contributed by atoms with Gasteiger partial charge in [0.1, 0.15) is 16.5 Å². The highest BCUT2D eigenvalue weighted by Gasteiger charge is 2.16. The van der Waals surface area contributed by atoms with E-state index in [1.807, 2.05) is 55.5 Å². The summed E-state index contributed by atoms with van der Waals surface area (Å²) in [6, 6.07) is 21.2. The normalized spacial score (nSPS) is 10.8. The lowest BCUT2D eigenvalue weighted by atomic mass is 10.1. The monoisotopic (exact) mass is 474 g/mol. The van der Waals surface area contributed by atoms with Gasteiger partial charge in [0, 0.05) is 29.1 Å². The van der Waals surface area contributed by atoms with Crippen molar-refractivity contribution in [3.05, 3.63) is 84.2 Å². The van der Waals surface area contributed by atoms with E-state index in [-0.39, 0.29) is 29.9 Å². The van der Waals surface area contributed by atoms with Gasteiger partial charge in [0.05, 0.1) is 12.3 Å². The first-order valence-electron chi connectivity index (χ1n) is 10.7. The Morgan fingerprint density at radius 3 is 2.32 bits per heavy atom. The zero-order chi connectivity index (χ0) is 24.1. The van der Waals surface area contributed by atoms with Crippen LogP contribution in [0.15, 0.2) is 77.8 Å². The second kappa shape index (κ2) is 10.4. The van der Waals surface area contributed by atoms with Gasteiger partial charge in [-0.2, -0.15) is 0 Å². The number of aryl methyl sites for hydroxylation is 1. The van der Waals surface area contributed by atoms with Crippen LogP contribution in [0.25, 0.3) is 22.0 Å². The standard InChI is InChI=1S/C26H23FN4O2S/c1-17-7-13-20(14-8-17)28-23(32)15-31(2)24(33)16-34-26-22-6-4-3-5-21(22)25(29-30-26)18-9-11-19(27)12-10-18/h3-14H,15-16H2,1-2H3,(H,28,32). The molecule has 3 aromatic carbocycles. The van der Waals surface area contributed by atoms with Crippen LogP contribution >= 0.6 is 11.8 Å². The van der Waals surface area contributed by atoms with E-state index < -0.39 is 0 Å². The molecule has 1 aromatic heterocycles. The van der Waals surface area contributed by atoms with Crippen molar-refractivity contribution in [2.45, 2.75) is 11.9 Å². The van der Waals surface area contributed by atoms with Crippen LogP contribution in [0.3, 0.4) is 0 Å². The maximum atomic E-state index is 13.3. The number of fused-ring (bicyclic) bond motifs is 1. The molecule has 0 aliphatic carbocycles. The second-order valence-electron chi connectivity index (χ2n) is 7.86. The maximum absolute atomic E-state index is 13.3. The fourth-order valence-corrected chi connectivity index (χ4v) is 4.30. The molecule has 1 heterocycles. The molecule has 8 heteroatoms. The summed E-state index contributed by atoms with van der Waals surface area (Å²) in [5, 5.41) is 13.8. The largest absolute Gasteiger partial charge is 0.336 e. The topological polar surface area (TPSA) is 75.2 Å². The third kappa shape index (κ3) is 5.58. The van der Waals surface area contributed by atoms with E-state index >= 15 is 0 Å². The van der Waals surface area contributed by atoms with Crippen molar-refractivity contribution in [3.8, 4) is 11.3 Å². The lowest BCUT2D eigenvalue weighted by Crippen LogP contribution is -2.35. The van der Waals surface area contributed by atoms with E-state index in [4.69, 9.17) is 0 Å². The highest BCUT2D eigenvalue weighted by atomic mass is 32.2. The van der Waals surface area contributed by atoms with Gasteiger partial charge in [-0.1, -0.05) is 53.7 Å². The van der Waals surface area contributed by atoms with Crippen LogP contribution in [0.1, 0.15) is 5.56 Å². The van der Waals surface area contributed by atoms with Crippen LogP contribution in [0.5, 0.6) is 0 Å². The first kappa shape index (κ1) is 23.4. The molecular weight excluding hydrogens is 451 g/mol. The summed E-state index contributed by atoms with van der Waals surface area (Å²) in [4.78, 5) is 26.3. The Hall–Kier alpha value is -3.78. The molecule has 6 nitrogen and oxygen atoms in total. The molecular formula is C26H23FN4O2S. The second-order valence-corrected chi connectivity index (χ2v) is 8.82. The molecule has 0 saturated carbocycles. The molecule has 2 amide bonds. The Labute approximate surface area is 201 Å². The zero-order valence-electron chi connectivity index (χ0n) is 18.8. The van der Waals surface area contributed by atoms with Crippen molar-refractivity contribution >= 4 is 40.0 Å². The average Bonchev–Trinajstić information content (AvgIpc) is 2.84. The summed E-state index contributed by atoms with van der Waals surface area (Å²) in [5.74, 6) is -0.664. The predicted octanol–water partition coefficient (Wildman–Crippen LogP) is 4.93. The van der Waals surface area contributed by atoms with Crippen molar-refractivity contribution in [1.82, 2.24) is 15.1 Å². The molecule has 0 atom stereocenters. The summed E-state index contributed by atoms with van der Waals surface area (Å²) in [6.07, 6.45) is 0. The van der Waals surface area contributed by atoms with E-state index in [0.717, 1.165) is 21.9 Å². The van der Waals surface area contributed by atoms with E-state index in [0.29, 0.717) is 16.4 Å². The molecule has 0 unspecified atom stereocenters. The number of rotatable bonds is 7. The highest BCUT2D eigenvalue weighted by Crippen LogP contribution is 2.31. The molecule has 0 aliphatic rings. The Kier molecular flexibility index (Phi) is 7.18. The minimum Gasteiger partial charge on any atom is -0.336 e. The van der Waals surface area contributed by atoms with Crippen LogP contribution in [0, 0.1) is 12.7 Å². The summed E-state index contributed by atoms with van der Waals surface area (Å²) in [7, 11) is 1.60. The summed E-state index contributed by atoms with van der Waals surface area (Å²) < 4.78 is 13.3. The highest BCUT2D eigenvalue weighted by molar-refractivity contribution is 8.00. The van der Waals surface area contributed by atoms with Gasteiger partial charge in [-0.3, -0.25) is 9.59 Å². The van der Waals surface area contributed by atoms with Gasteiger partial charge >= 0.3 is 0 Å². The number of likely N-dealkylation sites (N-methyl/N-ethyl adjacent to an activating group) is 1. The molecule has 0 spiro atoms. The first-order chi connectivity index (χ1) is 16.4. The summed E-state index contributed by atoms with van der Waals surface area (Å²) in [5.41, 5.74) is 3.20. The number of nitrogens with one attached hydrogen (secondary N) is 1. The first-order valence-corrected chi connectivity index (χ1v) is 11.6. The van der Waals surface area contributed by atoms with Crippen LogP contribution in [0.4, 0.5) is 10.1 Å². The number of thioether (sulfide) groups is 1. The van der Waals surface area contributed by atoms with Crippen LogP contribution in [0.2, 0.25) is 0 Å². The van der Waals surface area contributed by atoms with Gasteiger partial charge < -0.3 is 10.2 Å². The number of carbonyl (C=O) groups is 2. The quantitative estimate of drug-likeness (QED) is 0.384. The van der Waals surface area contributed by atoms with Crippen molar-refractivity contribution in [3.63, 3.8) is 0 Å². The van der Waals surface area contributed by atoms with E-state index in [9.17, 15) is 14.0 Å². The van der Waals surface area contributed by atoms with E-state index in [1.54, 1.807) is 19.2 Å². The number of anilines is 1. The third-order valence-electron chi connectivity index (χ3n) is 5.25. The molecule has 1 N–H and O–H groups in total. The number of benzene rings is 3. The lowest BCUT2D eigenvalue weighted by molar-refractivity contribution is -0.131. The number of amides is 2. The fraction of sp³-hybridized carbons (Fsp3) is 0.154. The van der Waals surface area contributed by atoms with Gasteiger partial charge in [-0.05, 0) is 43.3 Å². The molecule has 0 radical (unpaired) electrons. The zero-order valence-corrected chi connectivity index (χ0v) is 19.6. The van der Waals surface area contributed by atoms with Gasteiger partial charge in [0.25, 0.3) is 0 Å². The number of carbonyl (C=O) groups excluding carboxylic acids is 2. The Morgan fingerprint density at radius 2 is 1.62 bits per heavy atom. The van der Waals surface area contributed by atoms with Crippen LogP contribution < -0.4 is 5.32 Å². The predicted molar refractivity (Wildman–Crippen MR) is 133 cm³/mol. The number of hydrogen-bond donors (Lipinski definition) is 1. The SMILES string of the molecule is Cc1ccc(NC(=O)CN(C)C(=O)CSc2nnc(-c3ccc(F)cc3)c3ccccc23)cc1. The summed E-state index contributed by atoms with van der Waals surface area (Å²) >= 11 is 1.27. The maximum Gasteiger partial charge on any atom is 0.243 e. The minimum absolute atomic E-state index is 0.0524. The fourth-order valence-electron chi connectivity index (χ4n) is 3.39. The van der Waals surface area contributed by atoms with Gasteiger partial charge in [0.2, 0.25) is 11.8 Å². The lowest BCUT2D eigenvalue weighted by Gasteiger charge is -2.17. The molecule has 4 rings (SSSR count). The Morgan fingerprint density at radius 1 is 0.941 bits per heavy atom. The summed E-state index contributed by atoms with van der Waals surface area (Å²) in [6.45, 7) is 1.92. The number of halogens is 1. The third-order valence-corrected chi connectivity index (χ3v) is 6.21. The minimum atomic E-state index is -0.316. The molecule has 4 aromatic rings. The molecule has 0 aliphatic heterocycles. The van der Waals surface area contributed by atoms with Crippen LogP contribution in [-0.2, 0) is 9.59 Å². The average molecular weight is 475 g/mol. The van der Waals surface area contributed by atoms with Gasteiger partial charge in [0.15, 0.2) is 0 Å². The molecule has 34 heavy (non-hydrogen) atoms. The van der Waals surface area contributed by atoms with Gasteiger partial charge in [-0.15, -0.1) is 10.2 Å². The van der Waals surface area contributed by atoms with Crippen molar-refractivity contribution in [2.24, 2.45) is 0 Å². The number of hydrogen-bond acceptors (Lipinski definition) is 5. The van der Waals surface area contributed by atoms with Crippen molar-refractivity contribution < 1.29 is 14.0 Å². The molecule has 0 fully saturated rings. The molecule has 172 valence electrons. The Balaban J connectivity index is 1.42. The smallest absolute Gasteiger partial charge is 0.243 e. The Bertz CT molecular complexity index is 1330. The molecule has 0 bridgehead atoms. The molecule has 0 saturated heterocycles.